The van der Waals surface area contributed by atoms with Crippen molar-refractivity contribution in [2.75, 3.05) is 14.2 Å². The van der Waals surface area contributed by atoms with E-state index in [2.05, 4.69) is 31.9 Å². The summed E-state index contributed by atoms with van der Waals surface area (Å²) in [5.74, 6) is 0.743. The molecule has 0 aliphatic rings. The van der Waals surface area contributed by atoms with E-state index in [1.54, 1.807) is 25.1 Å². The van der Waals surface area contributed by atoms with Gasteiger partial charge in [0.1, 0.15) is 5.75 Å². The summed E-state index contributed by atoms with van der Waals surface area (Å²) in [5, 5.41) is 0. The van der Waals surface area contributed by atoms with E-state index in [-0.39, 0.29) is 5.91 Å². The van der Waals surface area contributed by atoms with Gasteiger partial charge in [0.05, 0.1) is 12.7 Å². The van der Waals surface area contributed by atoms with Crippen molar-refractivity contribution >= 4 is 37.8 Å². The molecule has 0 saturated heterocycles. The van der Waals surface area contributed by atoms with Crippen LogP contribution < -0.4 is 4.74 Å². The molecule has 0 fully saturated rings. The minimum atomic E-state index is -0.0414. The van der Waals surface area contributed by atoms with Gasteiger partial charge in [0, 0.05) is 28.1 Å². The predicted octanol–water partition coefficient (Wildman–Crippen LogP) is 4.49. The van der Waals surface area contributed by atoms with Crippen LogP contribution in [0.5, 0.6) is 5.75 Å². The highest BCUT2D eigenvalue weighted by molar-refractivity contribution is 9.11. The zero-order chi connectivity index (χ0) is 15.4. The number of para-hydroxylation sites is 1. The number of ether oxygens (including phenoxy) is 1. The fourth-order valence-corrected chi connectivity index (χ4v) is 3.25. The molecule has 0 bridgehead atoms. The van der Waals surface area contributed by atoms with E-state index in [0.29, 0.717) is 12.1 Å². The Kier molecular flexibility index (Phi) is 5.42. The molecule has 0 aliphatic heterocycles. The monoisotopic (exact) mass is 411 g/mol. The lowest BCUT2D eigenvalue weighted by molar-refractivity contribution is 0.0783. The molecule has 0 unspecified atom stereocenters. The number of carbonyl (C=O) groups excluding carboxylic acids is 1. The van der Waals surface area contributed by atoms with Crippen molar-refractivity contribution in [2.45, 2.75) is 6.54 Å². The lowest BCUT2D eigenvalue weighted by Gasteiger charge is -2.19. The molecule has 2 rings (SSSR count). The van der Waals surface area contributed by atoms with Crippen LogP contribution >= 0.6 is 31.9 Å². The smallest absolute Gasteiger partial charge is 0.255 e. The molecule has 0 aliphatic carbocycles. The lowest BCUT2D eigenvalue weighted by Crippen LogP contribution is -2.26. The Morgan fingerprint density at radius 2 is 1.90 bits per heavy atom. The lowest BCUT2D eigenvalue weighted by atomic mass is 10.1. The van der Waals surface area contributed by atoms with Gasteiger partial charge in [-0.3, -0.25) is 4.79 Å². The summed E-state index contributed by atoms with van der Waals surface area (Å²) in [5.41, 5.74) is 1.61. The van der Waals surface area contributed by atoms with E-state index in [1.807, 2.05) is 36.4 Å². The molecule has 0 spiro atoms. The molecule has 0 aromatic heterocycles. The average molecular weight is 413 g/mol. The number of carbonyl (C=O) groups is 1. The van der Waals surface area contributed by atoms with Crippen LogP contribution in [0.2, 0.25) is 0 Å². The Labute approximate surface area is 141 Å². The molecule has 0 heterocycles. The molecule has 0 atom stereocenters. The molecule has 2 aromatic carbocycles. The van der Waals surface area contributed by atoms with Crippen LogP contribution in [0.3, 0.4) is 0 Å². The van der Waals surface area contributed by atoms with E-state index in [0.717, 1.165) is 20.3 Å². The number of hydrogen-bond donors (Lipinski definition) is 0. The highest BCUT2D eigenvalue weighted by Gasteiger charge is 2.16. The van der Waals surface area contributed by atoms with Crippen molar-refractivity contribution in [3.63, 3.8) is 0 Å². The number of nitrogens with zero attached hydrogens (tertiary/aromatic N) is 1. The molecule has 0 saturated carbocycles. The van der Waals surface area contributed by atoms with E-state index < -0.39 is 0 Å². The van der Waals surface area contributed by atoms with Gasteiger partial charge >= 0.3 is 0 Å². The zero-order valence-electron chi connectivity index (χ0n) is 11.8. The maximum atomic E-state index is 12.5. The third-order valence-corrected chi connectivity index (χ3v) is 4.26. The normalized spacial score (nSPS) is 10.3. The van der Waals surface area contributed by atoms with Gasteiger partial charge in [-0.25, -0.2) is 0 Å². The third kappa shape index (κ3) is 3.86. The first kappa shape index (κ1) is 16.0. The molecule has 5 heteroatoms. The number of amides is 1. The topological polar surface area (TPSA) is 29.5 Å². The fraction of sp³-hybridized carbons (Fsp3) is 0.188. The molecule has 110 valence electrons. The van der Waals surface area contributed by atoms with Crippen LogP contribution in [0.25, 0.3) is 0 Å². The number of hydrogen-bond acceptors (Lipinski definition) is 2. The Morgan fingerprint density at radius 3 is 2.57 bits per heavy atom. The summed E-state index contributed by atoms with van der Waals surface area (Å²) in [6.07, 6.45) is 0. The van der Waals surface area contributed by atoms with Gasteiger partial charge in [-0.2, -0.15) is 0 Å². The summed E-state index contributed by atoms with van der Waals surface area (Å²) in [4.78, 5) is 14.2. The molecule has 2 aromatic rings. The molecule has 21 heavy (non-hydrogen) atoms. The molecule has 1 amide bonds. The minimum Gasteiger partial charge on any atom is -0.496 e. The van der Waals surface area contributed by atoms with Gasteiger partial charge in [0.25, 0.3) is 5.91 Å². The second-order valence-corrected chi connectivity index (χ2v) is 6.37. The first-order chi connectivity index (χ1) is 10.0. The van der Waals surface area contributed by atoms with Gasteiger partial charge in [-0.1, -0.05) is 34.1 Å². The summed E-state index contributed by atoms with van der Waals surface area (Å²) >= 11 is 6.81. The van der Waals surface area contributed by atoms with E-state index in [1.165, 1.54) is 0 Å². The predicted molar refractivity (Wildman–Crippen MR) is 90.6 cm³/mol. The quantitative estimate of drug-likeness (QED) is 0.740. The molecule has 3 nitrogen and oxygen atoms in total. The standard InChI is InChI=1S/C16H15Br2NO2/c1-19(10-11-5-3-4-6-15(11)21-2)16(20)13-8-7-12(17)9-14(13)18/h3-9H,10H2,1-2H3. The maximum Gasteiger partial charge on any atom is 0.255 e. The van der Waals surface area contributed by atoms with Crippen LogP contribution in [0.1, 0.15) is 15.9 Å². The van der Waals surface area contributed by atoms with E-state index in [4.69, 9.17) is 4.74 Å². The van der Waals surface area contributed by atoms with Crippen LogP contribution in [-0.2, 0) is 6.54 Å². The average Bonchev–Trinajstić information content (AvgIpc) is 2.47. The van der Waals surface area contributed by atoms with Crippen molar-refractivity contribution in [1.29, 1.82) is 0 Å². The van der Waals surface area contributed by atoms with Crippen LogP contribution in [0, 0.1) is 0 Å². The van der Waals surface area contributed by atoms with Crippen molar-refractivity contribution in [3.8, 4) is 5.75 Å². The molecular weight excluding hydrogens is 398 g/mol. The third-order valence-electron chi connectivity index (χ3n) is 3.11. The van der Waals surface area contributed by atoms with Crippen molar-refractivity contribution in [1.82, 2.24) is 4.90 Å². The van der Waals surface area contributed by atoms with E-state index >= 15 is 0 Å². The highest BCUT2D eigenvalue weighted by atomic mass is 79.9. The number of benzene rings is 2. The minimum absolute atomic E-state index is 0.0414. The van der Waals surface area contributed by atoms with E-state index in [9.17, 15) is 4.79 Å². The van der Waals surface area contributed by atoms with Crippen molar-refractivity contribution in [3.05, 3.63) is 62.5 Å². The van der Waals surface area contributed by atoms with Gasteiger partial charge in [0.15, 0.2) is 0 Å². The van der Waals surface area contributed by atoms with Crippen molar-refractivity contribution in [2.24, 2.45) is 0 Å². The van der Waals surface area contributed by atoms with Crippen LogP contribution in [0.4, 0.5) is 0 Å². The Bertz CT molecular complexity index is 658. The van der Waals surface area contributed by atoms with Gasteiger partial charge in [-0.15, -0.1) is 0 Å². The van der Waals surface area contributed by atoms with Gasteiger partial charge in [0.2, 0.25) is 0 Å². The second-order valence-electron chi connectivity index (χ2n) is 4.60. The summed E-state index contributed by atoms with van der Waals surface area (Å²) in [7, 11) is 3.41. The van der Waals surface area contributed by atoms with Crippen LogP contribution in [0.15, 0.2) is 51.4 Å². The summed E-state index contributed by atoms with van der Waals surface area (Å²) in [6.45, 7) is 0.491. The highest BCUT2D eigenvalue weighted by Crippen LogP contribution is 2.24. The Balaban J connectivity index is 2.19. The first-order valence-corrected chi connectivity index (χ1v) is 7.94. The van der Waals surface area contributed by atoms with Gasteiger partial charge in [-0.05, 0) is 40.2 Å². The molecule has 0 radical (unpaired) electrons. The largest absolute Gasteiger partial charge is 0.496 e. The van der Waals surface area contributed by atoms with Crippen LogP contribution in [-0.4, -0.2) is 25.0 Å². The Hall–Kier alpha value is -1.33. The van der Waals surface area contributed by atoms with Crippen molar-refractivity contribution < 1.29 is 9.53 Å². The Morgan fingerprint density at radius 1 is 1.19 bits per heavy atom. The number of methoxy groups -OCH3 is 1. The first-order valence-electron chi connectivity index (χ1n) is 6.35. The van der Waals surface area contributed by atoms with Gasteiger partial charge < -0.3 is 9.64 Å². The maximum absolute atomic E-state index is 12.5. The zero-order valence-corrected chi connectivity index (χ0v) is 14.9. The summed E-state index contributed by atoms with van der Waals surface area (Å²) < 4.78 is 7.02. The SMILES string of the molecule is COc1ccccc1CN(C)C(=O)c1ccc(Br)cc1Br. The summed E-state index contributed by atoms with van der Waals surface area (Å²) in [6, 6.07) is 13.2. The molecular formula is C16H15Br2NO2. The fourth-order valence-electron chi connectivity index (χ4n) is 2.03. The number of halogens is 2. The second kappa shape index (κ2) is 7.09. The number of rotatable bonds is 4. The molecule has 0 N–H and O–H groups in total.